The normalized spacial score (nSPS) is 14.3. The van der Waals surface area contributed by atoms with Gasteiger partial charge in [0.25, 0.3) is 5.91 Å². The molecule has 166 valence electrons. The van der Waals surface area contributed by atoms with Crippen LogP contribution in [0.1, 0.15) is 28.9 Å². The maximum Gasteiger partial charge on any atom is 0.274 e. The number of hydrogen-bond donors (Lipinski definition) is 2. The highest BCUT2D eigenvalue weighted by molar-refractivity contribution is 6.03. The van der Waals surface area contributed by atoms with Crippen LogP contribution >= 0.6 is 0 Å². The smallest absolute Gasteiger partial charge is 0.274 e. The summed E-state index contributed by atoms with van der Waals surface area (Å²) >= 11 is 0. The quantitative estimate of drug-likeness (QED) is 0.604. The number of rotatable bonds is 6. The molecule has 1 fully saturated rings. The third kappa shape index (κ3) is 5.33. The average molecular weight is 434 g/mol. The topological polar surface area (TPSA) is 112 Å². The molecule has 1 aliphatic heterocycles. The third-order valence-electron chi connectivity index (χ3n) is 5.11. The second kappa shape index (κ2) is 9.65. The standard InChI is InChI=1S/C22H27N9O/c1-4-18-26-21(29-22(27-18)31-12-10-30(3)11-13-31)28-20-23-15(2)14-17(25-20)19(32)24-16-8-6-5-7-9-16/h5-9,14H,4,10-13H2,1-3H3,(H,24,32)(H,23,25,26,27,28,29). The number of aryl methyl sites for hydroxylation is 2. The first kappa shape index (κ1) is 21.6. The van der Waals surface area contributed by atoms with E-state index < -0.39 is 0 Å². The summed E-state index contributed by atoms with van der Waals surface area (Å²) in [5.74, 6) is 1.65. The second-order valence-electron chi connectivity index (χ2n) is 7.68. The summed E-state index contributed by atoms with van der Waals surface area (Å²) in [6.45, 7) is 7.43. The van der Waals surface area contributed by atoms with E-state index in [-0.39, 0.29) is 17.5 Å². The highest BCUT2D eigenvalue weighted by Crippen LogP contribution is 2.17. The molecule has 0 spiro atoms. The number of anilines is 4. The van der Waals surface area contributed by atoms with Crippen LogP contribution in [-0.2, 0) is 6.42 Å². The molecule has 0 radical (unpaired) electrons. The summed E-state index contributed by atoms with van der Waals surface area (Å²) in [6.07, 6.45) is 0.678. The van der Waals surface area contributed by atoms with Gasteiger partial charge in [-0.3, -0.25) is 10.1 Å². The Labute approximate surface area is 187 Å². The van der Waals surface area contributed by atoms with Crippen LogP contribution < -0.4 is 15.5 Å². The van der Waals surface area contributed by atoms with Gasteiger partial charge in [0, 0.05) is 44.0 Å². The van der Waals surface area contributed by atoms with Crippen LogP contribution in [0.25, 0.3) is 0 Å². The maximum absolute atomic E-state index is 12.7. The van der Waals surface area contributed by atoms with Gasteiger partial charge in [-0.15, -0.1) is 0 Å². The third-order valence-corrected chi connectivity index (χ3v) is 5.11. The van der Waals surface area contributed by atoms with Crippen molar-refractivity contribution in [2.75, 3.05) is 48.8 Å². The molecule has 2 aromatic heterocycles. The molecule has 2 N–H and O–H groups in total. The highest BCUT2D eigenvalue weighted by Gasteiger charge is 2.19. The van der Waals surface area contributed by atoms with E-state index in [1.807, 2.05) is 44.2 Å². The number of carbonyl (C=O) groups excluding carboxylic acids is 1. The maximum atomic E-state index is 12.7. The van der Waals surface area contributed by atoms with E-state index in [4.69, 9.17) is 0 Å². The van der Waals surface area contributed by atoms with E-state index in [1.165, 1.54) is 0 Å². The van der Waals surface area contributed by atoms with Crippen molar-refractivity contribution in [2.45, 2.75) is 20.3 Å². The van der Waals surface area contributed by atoms with Gasteiger partial charge in [-0.1, -0.05) is 25.1 Å². The van der Waals surface area contributed by atoms with E-state index >= 15 is 0 Å². The fourth-order valence-electron chi connectivity index (χ4n) is 3.33. The van der Waals surface area contributed by atoms with Crippen molar-refractivity contribution in [2.24, 2.45) is 0 Å². The van der Waals surface area contributed by atoms with Crippen LogP contribution in [0.3, 0.4) is 0 Å². The van der Waals surface area contributed by atoms with Crippen LogP contribution in [0.5, 0.6) is 0 Å². The van der Waals surface area contributed by atoms with Gasteiger partial charge in [-0.05, 0) is 32.2 Å². The Hall–Kier alpha value is -3.66. The number of benzene rings is 1. The minimum Gasteiger partial charge on any atom is -0.338 e. The molecule has 0 atom stereocenters. The van der Waals surface area contributed by atoms with Gasteiger partial charge in [0.15, 0.2) is 0 Å². The average Bonchev–Trinajstić information content (AvgIpc) is 2.79. The molecular formula is C22H27N9O. The predicted octanol–water partition coefficient (Wildman–Crippen LogP) is 2.28. The first-order valence-corrected chi connectivity index (χ1v) is 10.7. The van der Waals surface area contributed by atoms with Crippen molar-refractivity contribution >= 4 is 29.4 Å². The Bertz CT molecular complexity index is 1080. The molecular weight excluding hydrogens is 406 g/mol. The van der Waals surface area contributed by atoms with E-state index in [0.29, 0.717) is 35.5 Å². The lowest BCUT2D eigenvalue weighted by Gasteiger charge is -2.32. The van der Waals surface area contributed by atoms with Crippen LogP contribution in [0.15, 0.2) is 36.4 Å². The van der Waals surface area contributed by atoms with Gasteiger partial charge in [-0.2, -0.15) is 15.0 Å². The Morgan fingerprint density at radius 2 is 1.69 bits per heavy atom. The molecule has 3 heterocycles. The van der Waals surface area contributed by atoms with Crippen molar-refractivity contribution in [1.82, 2.24) is 29.8 Å². The summed E-state index contributed by atoms with van der Waals surface area (Å²) < 4.78 is 0. The molecule has 1 aliphatic rings. The van der Waals surface area contributed by atoms with Crippen LogP contribution in [0, 0.1) is 6.92 Å². The zero-order valence-electron chi connectivity index (χ0n) is 18.5. The van der Waals surface area contributed by atoms with Crippen molar-refractivity contribution in [1.29, 1.82) is 0 Å². The molecule has 0 aliphatic carbocycles. The number of para-hydroxylation sites is 1. The number of carbonyl (C=O) groups is 1. The number of hydrogen-bond acceptors (Lipinski definition) is 9. The lowest BCUT2D eigenvalue weighted by molar-refractivity contribution is 0.102. The van der Waals surface area contributed by atoms with Gasteiger partial charge >= 0.3 is 0 Å². The Morgan fingerprint density at radius 1 is 0.969 bits per heavy atom. The summed E-state index contributed by atoms with van der Waals surface area (Å²) in [4.78, 5) is 39.6. The van der Waals surface area contributed by atoms with Crippen LogP contribution in [0.4, 0.5) is 23.5 Å². The minimum atomic E-state index is -0.312. The van der Waals surface area contributed by atoms with Crippen molar-refractivity contribution < 1.29 is 4.79 Å². The largest absolute Gasteiger partial charge is 0.338 e. The van der Waals surface area contributed by atoms with E-state index in [0.717, 1.165) is 26.2 Å². The SMILES string of the molecule is CCc1nc(Nc2nc(C)cc(C(=O)Nc3ccccc3)n2)nc(N2CCN(C)CC2)n1. The molecule has 0 bridgehead atoms. The molecule has 0 saturated carbocycles. The lowest BCUT2D eigenvalue weighted by Crippen LogP contribution is -2.45. The van der Waals surface area contributed by atoms with E-state index in [9.17, 15) is 4.79 Å². The number of nitrogens with zero attached hydrogens (tertiary/aromatic N) is 7. The number of nitrogens with one attached hydrogen (secondary N) is 2. The molecule has 10 heteroatoms. The van der Waals surface area contributed by atoms with Gasteiger partial charge in [0.05, 0.1) is 0 Å². The van der Waals surface area contributed by atoms with Gasteiger partial charge in [0.2, 0.25) is 17.8 Å². The lowest BCUT2D eigenvalue weighted by atomic mass is 10.3. The highest BCUT2D eigenvalue weighted by atomic mass is 16.1. The Balaban J connectivity index is 1.55. The summed E-state index contributed by atoms with van der Waals surface area (Å²) in [5, 5.41) is 5.91. The van der Waals surface area contributed by atoms with Crippen LogP contribution in [-0.4, -0.2) is 69.0 Å². The molecule has 32 heavy (non-hydrogen) atoms. The first-order valence-electron chi connectivity index (χ1n) is 10.7. The number of piperazine rings is 1. The van der Waals surface area contributed by atoms with Crippen molar-refractivity contribution in [3.8, 4) is 0 Å². The fourth-order valence-corrected chi connectivity index (χ4v) is 3.33. The molecule has 1 saturated heterocycles. The van der Waals surface area contributed by atoms with E-state index in [1.54, 1.807) is 6.07 Å². The van der Waals surface area contributed by atoms with E-state index in [2.05, 4.69) is 52.4 Å². The van der Waals surface area contributed by atoms with Crippen molar-refractivity contribution in [3.63, 3.8) is 0 Å². The Morgan fingerprint density at radius 3 is 2.41 bits per heavy atom. The zero-order valence-corrected chi connectivity index (χ0v) is 18.5. The minimum absolute atomic E-state index is 0.257. The monoisotopic (exact) mass is 433 g/mol. The van der Waals surface area contributed by atoms with Crippen LogP contribution in [0.2, 0.25) is 0 Å². The zero-order chi connectivity index (χ0) is 22.5. The van der Waals surface area contributed by atoms with Gasteiger partial charge in [0.1, 0.15) is 11.5 Å². The molecule has 3 aromatic rings. The predicted molar refractivity (Wildman–Crippen MR) is 123 cm³/mol. The Kier molecular flexibility index (Phi) is 6.50. The summed E-state index contributed by atoms with van der Waals surface area (Å²) in [6, 6.07) is 10.9. The van der Waals surface area contributed by atoms with Gasteiger partial charge in [-0.25, -0.2) is 9.97 Å². The first-order chi connectivity index (χ1) is 15.5. The summed E-state index contributed by atoms with van der Waals surface area (Å²) in [5.41, 5.74) is 1.61. The van der Waals surface area contributed by atoms with Crippen molar-refractivity contribution in [3.05, 3.63) is 53.6 Å². The molecule has 10 nitrogen and oxygen atoms in total. The van der Waals surface area contributed by atoms with Gasteiger partial charge < -0.3 is 15.1 Å². The number of aromatic nitrogens is 5. The molecule has 0 unspecified atom stereocenters. The fraction of sp³-hybridized carbons (Fsp3) is 0.364. The summed E-state index contributed by atoms with van der Waals surface area (Å²) in [7, 11) is 2.11. The number of amides is 1. The molecule has 4 rings (SSSR count). The second-order valence-corrected chi connectivity index (χ2v) is 7.68. The molecule has 1 aromatic carbocycles. The number of likely N-dealkylation sites (N-methyl/N-ethyl adjacent to an activating group) is 1. The molecule has 1 amide bonds.